The molecule has 1 aliphatic carbocycles. The van der Waals surface area contributed by atoms with Gasteiger partial charge in [-0.2, -0.15) is 0 Å². The zero-order chi connectivity index (χ0) is 19.7. The Balaban J connectivity index is 1.68. The molecule has 2 heterocycles. The molecule has 2 N–H and O–H groups in total. The average Bonchev–Trinajstić information content (AvgIpc) is 3.19. The predicted octanol–water partition coefficient (Wildman–Crippen LogP) is 3.08. The topological polar surface area (TPSA) is 84.9 Å². The third-order valence-electron chi connectivity index (χ3n) is 5.65. The summed E-state index contributed by atoms with van der Waals surface area (Å²) in [5, 5.41) is 12.9. The third kappa shape index (κ3) is 3.56. The number of aromatic hydroxyl groups is 1. The van der Waals surface area contributed by atoms with Gasteiger partial charge in [-0.25, -0.2) is 4.79 Å². The van der Waals surface area contributed by atoms with Gasteiger partial charge >= 0.3 is 5.97 Å². The van der Waals surface area contributed by atoms with Gasteiger partial charge in [0.25, 0.3) is 0 Å². The molecule has 148 valence electrons. The first-order valence-electron chi connectivity index (χ1n) is 9.86. The first-order valence-corrected chi connectivity index (χ1v) is 9.86. The van der Waals surface area contributed by atoms with E-state index in [0.29, 0.717) is 29.9 Å². The number of Topliss-reactive ketones (excluding diaryl/α,β-unsaturated/α-hetero) is 1. The maximum Gasteiger partial charge on any atom is 0.336 e. The number of rotatable bonds is 4. The van der Waals surface area contributed by atoms with Gasteiger partial charge in [-0.05, 0) is 50.3 Å². The first kappa shape index (κ1) is 18.7. The predicted molar refractivity (Wildman–Crippen MR) is 103 cm³/mol. The van der Waals surface area contributed by atoms with Crippen LogP contribution in [0.2, 0.25) is 0 Å². The van der Waals surface area contributed by atoms with E-state index in [0.717, 1.165) is 36.9 Å². The van der Waals surface area contributed by atoms with E-state index in [4.69, 9.17) is 9.47 Å². The number of allylic oxidation sites excluding steroid dienone is 3. The lowest BCUT2D eigenvalue weighted by atomic mass is 9.75. The standard InChI is InChI=1S/C22H25NO5/c1-13-19(22(26)28-12-16-4-3-11-27-16)20(14-7-9-15(24)10-8-14)21-17(23-13)5-2-6-18(21)25/h7-10,16,20,23-24H,2-6,11-12H2,1H3/t16-,20-/m1/s1. The lowest BCUT2D eigenvalue weighted by Crippen LogP contribution is -2.35. The van der Waals surface area contributed by atoms with Gasteiger partial charge in [0.05, 0.1) is 11.7 Å². The zero-order valence-electron chi connectivity index (χ0n) is 16.0. The quantitative estimate of drug-likeness (QED) is 0.778. The second kappa shape index (κ2) is 7.80. The van der Waals surface area contributed by atoms with Crippen molar-refractivity contribution in [2.24, 2.45) is 0 Å². The number of ketones is 1. The van der Waals surface area contributed by atoms with E-state index in [1.165, 1.54) is 0 Å². The number of nitrogens with one attached hydrogen (secondary N) is 1. The molecule has 6 nitrogen and oxygen atoms in total. The third-order valence-corrected chi connectivity index (χ3v) is 5.65. The highest BCUT2D eigenvalue weighted by atomic mass is 16.6. The Morgan fingerprint density at radius 3 is 2.75 bits per heavy atom. The van der Waals surface area contributed by atoms with E-state index < -0.39 is 11.9 Å². The van der Waals surface area contributed by atoms with Crippen molar-refractivity contribution in [2.75, 3.05) is 13.2 Å². The van der Waals surface area contributed by atoms with E-state index in [-0.39, 0.29) is 24.2 Å². The van der Waals surface area contributed by atoms with Crippen LogP contribution in [0, 0.1) is 0 Å². The summed E-state index contributed by atoms with van der Waals surface area (Å²) in [5.41, 5.74) is 3.50. The number of esters is 1. The molecule has 0 unspecified atom stereocenters. The van der Waals surface area contributed by atoms with Gasteiger partial charge < -0.3 is 19.9 Å². The van der Waals surface area contributed by atoms with Crippen LogP contribution in [0.4, 0.5) is 0 Å². The number of hydrogen-bond donors (Lipinski definition) is 2. The second-order valence-corrected chi connectivity index (χ2v) is 7.59. The van der Waals surface area contributed by atoms with Crippen molar-refractivity contribution in [3.05, 3.63) is 52.4 Å². The van der Waals surface area contributed by atoms with E-state index in [9.17, 15) is 14.7 Å². The highest BCUT2D eigenvalue weighted by molar-refractivity contribution is 6.03. The number of ether oxygens (including phenoxy) is 2. The summed E-state index contributed by atoms with van der Waals surface area (Å²) in [6, 6.07) is 6.68. The van der Waals surface area contributed by atoms with Gasteiger partial charge in [0.15, 0.2) is 5.78 Å². The van der Waals surface area contributed by atoms with Gasteiger partial charge in [-0.1, -0.05) is 12.1 Å². The van der Waals surface area contributed by atoms with Crippen LogP contribution < -0.4 is 5.32 Å². The van der Waals surface area contributed by atoms with Gasteiger partial charge in [0, 0.05) is 35.9 Å². The summed E-state index contributed by atoms with van der Waals surface area (Å²) < 4.78 is 11.1. The molecule has 2 atom stereocenters. The number of phenolic OH excluding ortho intramolecular Hbond substituents is 1. The molecular weight excluding hydrogens is 358 g/mol. The molecule has 1 aromatic rings. The van der Waals surface area contributed by atoms with Crippen molar-refractivity contribution < 1.29 is 24.2 Å². The Morgan fingerprint density at radius 1 is 1.25 bits per heavy atom. The monoisotopic (exact) mass is 383 g/mol. The second-order valence-electron chi connectivity index (χ2n) is 7.59. The van der Waals surface area contributed by atoms with Crippen LogP contribution in [0.1, 0.15) is 50.5 Å². The molecule has 0 bridgehead atoms. The first-order chi connectivity index (χ1) is 13.5. The van der Waals surface area contributed by atoms with Crippen molar-refractivity contribution in [2.45, 2.75) is 51.0 Å². The minimum atomic E-state index is -0.485. The summed E-state index contributed by atoms with van der Waals surface area (Å²) in [4.78, 5) is 25.8. The molecule has 0 spiro atoms. The molecule has 0 aromatic heterocycles. The molecule has 2 aliphatic heterocycles. The van der Waals surface area contributed by atoms with Gasteiger partial charge in [0.1, 0.15) is 12.4 Å². The van der Waals surface area contributed by atoms with Crippen molar-refractivity contribution >= 4 is 11.8 Å². The summed E-state index contributed by atoms with van der Waals surface area (Å²) in [7, 11) is 0. The number of carbonyl (C=O) groups excluding carboxylic acids is 2. The largest absolute Gasteiger partial charge is 0.508 e. The minimum Gasteiger partial charge on any atom is -0.508 e. The summed E-state index contributed by atoms with van der Waals surface area (Å²) in [6.07, 6.45) is 3.88. The van der Waals surface area contributed by atoms with Crippen molar-refractivity contribution in [1.82, 2.24) is 5.32 Å². The Kier molecular flexibility index (Phi) is 5.22. The highest BCUT2D eigenvalue weighted by Gasteiger charge is 2.39. The Bertz CT molecular complexity index is 846. The molecule has 0 amide bonds. The molecule has 0 radical (unpaired) electrons. The lowest BCUT2D eigenvalue weighted by Gasteiger charge is -2.34. The number of phenols is 1. The van der Waals surface area contributed by atoms with Gasteiger partial charge in [0.2, 0.25) is 0 Å². The van der Waals surface area contributed by atoms with Crippen molar-refractivity contribution in [3.8, 4) is 5.75 Å². The van der Waals surface area contributed by atoms with E-state index in [2.05, 4.69) is 5.32 Å². The Hall–Kier alpha value is -2.60. The SMILES string of the molecule is CC1=C(C(=O)OC[C@H]2CCCO2)[C@@H](c2ccc(O)cc2)C2=C(CCCC2=O)N1. The Morgan fingerprint density at radius 2 is 2.04 bits per heavy atom. The zero-order valence-corrected chi connectivity index (χ0v) is 16.0. The number of dihydropyridines is 1. The maximum atomic E-state index is 13.0. The van der Waals surface area contributed by atoms with E-state index in [1.54, 1.807) is 24.3 Å². The summed E-state index contributed by atoms with van der Waals surface area (Å²) >= 11 is 0. The molecule has 0 saturated carbocycles. The van der Waals surface area contributed by atoms with Crippen LogP contribution in [0.15, 0.2) is 46.8 Å². The van der Waals surface area contributed by atoms with Crippen LogP contribution in [0.3, 0.4) is 0 Å². The van der Waals surface area contributed by atoms with Crippen LogP contribution >= 0.6 is 0 Å². The summed E-state index contributed by atoms with van der Waals surface area (Å²) in [5.74, 6) is -0.709. The van der Waals surface area contributed by atoms with Crippen LogP contribution in [0.25, 0.3) is 0 Å². The van der Waals surface area contributed by atoms with Crippen molar-refractivity contribution in [1.29, 1.82) is 0 Å². The smallest absolute Gasteiger partial charge is 0.336 e. The van der Waals surface area contributed by atoms with Crippen molar-refractivity contribution in [3.63, 3.8) is 0 Å². The fourth-order valence-electron chi connectivity index (χ4n) is 4.28. The molecule has 28 heavy (non-hydrogen) atoms. The van der Waals surface area contributed by atoms with E-state index >= 15 is 0 Å². The minimum absolute atomic E-state index is 0.0559. The fourth-order valence-corrected chi connectivity index (χ4v) is 4.28. The van der Waals surface area contributed by atoms with E-state index in [1.807, 2.05) is 6.92 Å². The molecule has 1 fully saturated rings. The number of carbonyl (C=O) groups is 2. The lowest BCUT2D eigenvalue weighted by molar-refractivity contribution is -0.142. The van der Waals surface area contributed by atoms with Gasteiger partial charge in [-0.3, -0.25) is 4.79 Å². The van der Waals surface area contributed by atoms with Crippen LogP contribution in [-0.4, -0.2) is 36.2 Å². The van der Waals surface area contributed by atoms with Crippen LogP contribution in [0.5, 0.6) is 5.75 Å². The maximum absolute atomic E-state index is 13.0. The molecule has 3 aliphatic rings. The molecule has 1 saturated heterocycles. The number of benzene rings is 1. The number of hydrogen-bond acceptors (Lipinski definition) is 6. The molecular formula is C22H25NO5. The average molecular weight is 383 g/mol. The van der Waals surface area contributed by atoms with Crippen LogP contribution in [-0.2, 0) is 19.1 Å². The fraction of sp³-hybridized carbons (Fsp3) is 0.455. The summed E-state index contributed by atoms with van der Waals surface area (Å²) in [6.45, 7) is 2.77. The highest BCUT2D eigenvalue weighted by Crippen LogP contribution is 2.42. The van der Waals surface area contributed by atoms with Gasteiger partial charge in [-0.15, -0.1) is 0 Å². The molecule has 6 heteroatoms. The Labute approximate surface area is 164 Å². The molecule has 4 rings (SSSR count). The molecule has 1 aromatic carbocycles. The normalized spacial score (nSPS) is 24.8.